The van der Waals surface area contributed by atoms with Gasteiger partial charge in [0, 0.05) is 6.07 Å². The molecule has 2 aliphatic heterocycles. The Bertz CT molecular complexity index is 644. The van der Waals surface area contributed by atoms with Crippen molar-refractivity contribution in [1.29, 1.82) is 5.26 Å². The number of hydrogen-bond donors (Lipinski definition) is 0. The van der Waals surface area contributed by atoms with E-state index >= 15 is 0 Å². The van der Waals surface area contributed by atoms with E-state index < -0.39 is 5.60 Å². The second-order valence-electron chi connectivity index (χ2n) is 7.09. The summed E-state index contributed by atoms with van der Waals surface area (Å²) in [5, 5.41) is 8.88. The van der Waals surface area contributed by atoms with Crippen LogP contribution >= 0.6 is 0 Å². The van der Waals surface area contributed by atoms with Gasteiger partial charge < -0.3 is 4.74 Å². The third kappa shape index (κ3) is 2.22. The number of carbonyl (C=O) groups excluding carboxylic acids is 1. The molecular formula is C16H21N4O2+. The number of hydrogen-bond acceptors (Lipinski definition) is 4. The number of rotatable bonds is 1. The van der Waals surface area contributed by atoms with Crippen LogP contribution in [0, 0.1) is 11.3 Å². The molecule has 3 rings (SSSR count). The predicted octanol–water partition coefficient (Wildman–Crippen LogP) is 2.24. The minimum absolute atomic E-state index is 0.102. The molecule has 116 valence electrons. The Balaban J connectivity index is 1.81. The summed E-state index contributed by atoms with van der Waals surface area (Å²) in [7, 11) is 0. The molecule has 0 aromatic carbocycles. The summed E-state index contributed by atoms with van der Waals surface area (Å²) < 4.78 is 6.18. The van der Waals surface area contributed by atoms with E-state index in [2.05, 4.69) is 18.0 Å². The van der Waals surface area contributed by atoms with Crippen molar-refractivity contribution in [2.75, 3.05) is 13.1 Å². The van der Waals surface area contributed by atoms with Gasteiger partial charge in [0.15, 0.2) is 6.54 Å². The second kappa shape index (κ2) is 4.68. The summed E-state index contributed by atoms with van der Waals surface area (Å²) in [5.41, 5.74) is 0.0661. The molecule has 1 unspecified atom stereocenters. The van der Waals surface area contributed by atoms with E-state index in [1.54, 1.807) is 12.3 Å². The Morgan fingerprint density at radius 2 is 2.23 bits per heavy atom. The first-order chi connectivity index (χ1) is 10.3. The Morgan fingerprint density at radius 3 is 2.73 bits per heavy atom. The van der Waals surface area contributed by atoms with Crippen LogP contribution < -0.4 is 4.48 Å². The lowest BCUT2D eigenvalue weighted by Crippen LogP contribution is -2.38. The van der Waals surface area contributed by atoms with Crippen LogP contribution in [-0.4, -0.2) is 46.9 Å². The van der Waals surface area contributed by atoms with E-state index in [-0.39, 0.29) is 18.3 Å². The molecule has 3 atom stereocenters. The largest absolute Gasteiger partial charge is 0.444 e. The third-order valence-electron chi connectivity index (χ3n) is 4.40. The monoisotopic (exact) mass is 301 g/mol. The molecule has 0 radical (unpaired) electrons. The van der Waals surface area contributed by atoms with Crippen molar-refractivity contribution in [2.45, 2.75) is 45.5 Å². The molecule has 6 heteroatoms. The number of quaternary nitrogens is 1. The van der Waals surface area contributed by atoms with Crippen molar-refractivity contribution in [1.82, 2.24) is 14.4 Å². The number of ether oxygens (including phenoxy) is 1. The summed E-state index contributed by atoms with van der Waals surface area (Å²) >= 11 is 0. The standard InChI is InChI=1S/C16H21N4O2/c1-11-9-19(15(21)22-16(2,3)4)14-10-20(11,14)13-6-5-12(7-17)8-18-13/h5-6,8,11,14H,9-10H2,1-4H3/q+1/t11-,14-,20?/m0/s1. The highest BCUT2D eigenvalue weighted by atomic mass is 16.6. The number of carbonyl (C=O) groups is 1. The molecule has 1 amide bonds. The van der Waals surface area contributed by atoms with Gasteiger partial charge in [-0.1, -0.05) is 0 Å². The van der Waals surface area contributed by atoms with Crippen molar-refractivity contribution in [2.24, 2.45) is 0 Å². The molecular weight excluding hydrogens is 280 g/mol. The first kappa shape index (κ1) is 14.8. The van der Waals surface area contributed by atoms with Gasteiger partial charge in [-0.05, 0) is 33.8 Å². The molecule has 1 aromatic heterocycles. The normalized spacial score (nSPS) is 29.7. The van der Waals surface area contributed by atoms with Crippen molar-refractivity contribution >= 4 is 11.9 Å². The summed E-state index contributed by atoms with van der Waals surface area (Å²) in [6.45, 7) is 9.29. The minimum Gasteiger partial charge on any atom is -0.444 e. The Labute approximate surface area is 130 Å². The van der Waals surface area contributed by atoms with Crippen LogP contribution in [0.25, 0.3) is 0 Å². The maximum Gasteiger partial charge on any atom is 0.415 e. The first-order valence-electron chi connectivity index (χ1n) is 7.52. The second-order valence-corrected chi connectivity index (χ2v) is 7.09. The number of pyridine rings is 1. The molecule has 1 aromatic rings. The van der Waals surface area contributed by atoms with Crippen LogP contribution in [0.1, 0.15) is 33.3 Å². The zero-order valence-corrected chi connectivity index (χ0v) is 13.4. The number of nitrogens with zero attached hydrogens (tertiary/aromatic N) is 4. The number of nitriles is 1. The van der Waals surface area contributed by atoms with E-state index in [9.17, 15) is 4.79 Å². The molecule has 2 saturated heterocycles. The van der Waals surface area contributed by atoms with Crippen molar-refractivity contribution in [3.8, 4) is 6.07 Å². The number of amides is 1. The average molecular weight is 301 g/mol. The van der Waals surface area contributed by atoms with Gasteiger partial charge in [0.2, 0.25) is 12.0 Å². The fourth-order valence-corrected chi connectivity index (χ4v) is 3.28. The lowest BCUT2D eigenvalue weighted by Gasteiger charge is -2.23. The zero-order valence-electron chi connectivity index (χ0n) is 13.4. The van der Waals surface area contributed by atoms with Crippen molar-refractivity contribution in [3.63, 3.8) is 0 Å². The van der Waals surface area contributed by atoms with E-state index in [1.807, 2.05) is 31.7 Å². The smallest absolute Gasteiger partial charge is 0.415 e. The summed E-state index contributed by atoms with van der Waals surface area (Å²) in [5.74, 6) is 0.919. The van der Waals surface area contributed by atoms with Gasteiger partial charge in [-0.2, -0.15) is 5.26 Å². The fourth-order valence-electron chi connectivity index (χ4n) is 3.28. The van der Waals surface area contributed by atoms with Crippen LogP contribution in [0.4, 0.5) is 10.6 Å². The molecule has 2 aliphatic rings. The average Bonchev–Trinajstić information content (AvgIpc) is 3.13. The Hall–Kier alpha value is -2.13. The Morgan fingerprint density at radius 1 is 1.50 bits per heavy atom. The topological polar surface area (TPSA) is 66.2 Å². The quantitative estimate of drug-likeness (QED) is 0.589. The van der Waals surface area contributed by atoms with Crippen LogP contribution in [0.3, 0.4) is 0 Å². The van der Waals surface area contributed by atoms with Crippen LogP contribution in [-0.2, 0) is 4.74 Å². The van der Waals surface area contributed by atoms with Crippen molar-refractivity contribution < 1.29 is 9.53 Å². The molecule has 3 heterocycles. The van der Waals surface area contributed by atoms with E-state index in [0.717, 1.165) is 12.4 Å². The van der Waals surface area contributed by atoms with E-state index in [0.29, 0.717) is 16.6 Å². The summed E-state index contributed by atoms with van der Waals surface area (Å²) in [6.07, 6.45) is 1.45. The molecule has 6 nitrogen and oxygen atoms in total. The number of piperazine rings is 1. The number of aromatic nitrogens is 1. The highest BCUT2D eigenvalue weighted by Crippen LogP contribution is 2.47. The summed E-state index contributed by atoms with van der Waals surface area (Å²) in [6, 6.07) is 6.04. The number of fused-ring (bicyclic) bond motifs is 1. The maximum atomic E-state index is 12.3. The maximum absolute atomic E-state index is 12.3. The predicted molar refractivity (Wildman–Crippen MR) is 81.8 cm³/mol. The van der Waals surface area contributed by atoms with E-state index in [4.69, 9.17) is 10.00 Å². The van der Waals surface area contributed by atoms with Crippen LogP contribution in [0.5, 0.6) is 0 Å². The van der Waals surface area contributed by atoms with E-state index in [1.165, 1.54) is 0 Å². The van der Waals surface area contributed by atoms with Gasteiger partial charge >= 0.3 is 6.09 Å². The lowest BCUT2D eigenvalue weighted by molar-refractivity contribution is 0.0262. The fraction of sp³-hybridized carbons (Fsp3) is 0.562. The van der Waals surface area contributed by atoms with Gasteiger partial charge in [0.25, 0.3) is 0 Å². The molecule has 0 saturated carbocycles. The van der Waals surface area contributed by atoms with Gasteiger partial charge in [-0.3, -0.25) is 0 Å². The Kier molecular flexibility index (Phi) is 3.15. The SMILES string of the molecule is C[C@H]1CN(C(=O)OC(C)(C)C)[C@@H]2C[N+]12c1ccc(C#N)cn1. The molecule has 0 spiro atoms. The van der Waals surface area contributed by atoms with Gasteiger partial charge in [-0.15, -0.1) is 0 Å². The minimum atomic E-state index is -0.486. The third-order valence-corrected chi connectivity index (χ3v) is 4.40. The van der Waals surface area contributed by atoms with Gasteiger partial charge in [0.05, 0.1) is 18.3 Å². The lowest BCUT2D eigenvalue weighted by atomic mass is 10.2. The van der Waals surface area contributed by atoms with Crippen molar-refractivity contribution in [3.05, 3.63) is 23.9 Å². The molecule has 22 heavy (non-hydrogen) atoms. The van der Waals surface area contributed by atoms with Crippen LogP contribution in [0.2, 0.25) is 0 Å². The highest BCUT2D eigenvalue weighted by molar-refractivity contribution is 5.71. The zero-order chi connectivity index (χ0) is 16.1. The molecule has 2 fully saturated rings. The summed E-state index contributed by atoms with van der Waals surface area (Å²) in [4.78, 5) is 18.6. The van der Waals surface area contributed by atoms with Gasteiger partial charge in [-0.25, -0.2) is 19.2 Å². The molecule has 0 N–H and O–H groups in total. The van der Waals surface area contributed by atoms with Gasteiger partial charge in [0.1, 0.15) is 17.7 Å². The molecule has 0 bridgehead atoms. The van der Waals surface area contributed by atoms with Crippen LogP contribution in [0.15, 0.2) is 18.3 Å². The first-order valence-corrected chi connectivity index (χ1v) is 7.52. The highest BCUT2D eigenvalue weighted by Gasteiger charge is 2.71. The molecule has 0 aliphatic carbocycles.